The molecule has 1 amide bonds. The maximum atomic E-state index is 12.1. The molecule has 18 heavy (non-hydrogen) atoms. The van der Waals surface area contributed by atoms with Gasteiger partial charge < -0.3 is 9.64 Å². The Kier molecular flexibility index (Phi) is 6.96. The molecule has 0 fully saturated rings. The average molecular weight is 257 g/mol. The van der Waals surface area contributed by atoms with Crippen molar-refractivity contribution in [3.05, 3.63) is 0 Å². The Morgan fingerprint density at radius 3 is 2.22 bits per heavy atom. The van der Waals surface area contributed by atoms with Crippen molar-refractivity contribution in [1.29, 1.82) is 0 Å². The van der Waals surface area contributed by atoms with Gasteiger partial charge in [-0.25, -0.2) is 0 Å². The first-order valence-corrected chi connectivity index (χ1v) is 6.57. The van der Waals surface area contributed by atoms with Gasteiger partial charge in [0.25, 0.3) is 0 Å². The second-order valence-corrected chi connectivity index (χ2v) is 5.77. The molecule has 0 aromatic rings. The van der Waals surface area contributed by atoms with Crippen molar-refractivity contribution in [2.45, 2.75) is 47.5 Å². The summed E-state index contributed by atoms with van der Waals surface area (Å²) in [5.41, 5.74) is 0.122. The maximum absolute atomic E-state index is 12.1. The van der Waals surface area contributed by atoms with Gasteiger partial charge in [0.15, 0.2) is 0 Å². The van der Waals surface area contributed by atoms with Crippen LogP contribution in [-0.2, 0) is 14.3 Å². The molecule has 0 saturated carbocycles. The van der Waals surface area contributed by atoms with Crippen LogP contribution < -0.4 is 0 Å². The Bertz CT molecular complexity index is 281. The number of nitrogens with zero attached hydrogens (tertiary/aromatic N) is 1. The van der Waals surface area contributed by atoms with Crippen molar-refractivity contribution < 1.29 is 14.3 Å². The molecule has 106 valence electrons. The summed E-state index contributed by atoms with van der Waals surface area (Å²) in [5, 5.41) is 0. The van der Waals surface area contributed by atoms with Crippen LogP contribution in [0.25, 0.3) is 0 Å². The number of esters is 1. The van der Waals surface area contributed by atoms with E-state index in [4.69, 9.17) is 0 Å². The van der Waals surface area contributed by atoms with Gasteiger partial charge in [0.05, 0.1) is 13.5 Å². The second-order valence-electron chi connectivity index (χ2n) is 5.77. The van der Waals surface area contributed by atoms with E-state index in [2.05, 4.69) is 32.4 Å². The Labute approximate surface area is 111 Å². The van der Waals surface area contributed by atoms with Crippen molar-refractivity contribution in [2.24, 2.45) is 11.3 Å². The van der Waals surface area contributed by atoms with E-state index >= 15 is 0 Å². The highest BCUT2D eigenvalue weighted by Gasteiger charge is 2.24. The quantitative estimate of drug-likeness (QED) is 0.687. The molecule has 0 heterocycles. The fourth-order valence-corrected chi connectivity index (χ4v) is 1.48. The first-order chi connectivity index (χ1) is 8.22. The number of carbonyl (C=O) groups is 2. The fraction of sp³-hybridized carbons (Fsp3) is 0.857. The Morgan fingerprint density at radius 1 is 1.28 bits per heavy atom. The molecule has 0 aromatic carbocycles. The highest BCUT2D eigenvalue weighted by Crippen LogP contribution is 2.28. The maximum Gasteiger partial charge on any atom is 0.307 e. The molecule has 0 aliphatic rings. The second kappa shape index (κ2) is 7.39. The molecular weight excluding hydrogens is 230 g/mol. The molecule has 0 rings (SSSR count). The lowest BCUT2D eigenvalue weighted by Gasteiger charge is -2.29. The molecule has 4 nitrogen and oxygen atoms in total. The third kappa shape index (κ3) is 6.03. The number of carbonyl (C=O) groups excluding carboxylic acids is 2. The van der Waals surface area contributed by atoms with Gasteiger partial charge >= 0.3 is 5.97 Å². The zero-order valence-corrected chi connectivity index (χ0v) is 12.6. The van der Waals surface area contributed by atoms with Crippen LogP contribution in [-0.4, -0.2) is 37.0 Å². The van der Waals surface area contributed by atoms with Crippen LogP contribution in [0.1, 0.15) is 47.5 Å². The van der Waals surface area contributed by atoms with Crippen molar-refractivity contribution in [3.8, 4) is 0 Å². The summed E-state index contributed by atoms with van der Waals surface area (Å²) in [6.45, 7) is 11.5. The molecule has 0 bridgehead atoms. The number of methoxy groups -OCH3 is 1. The van der Waals surface area contributed by atoms with Crippen molar-refractivity contribution >= 4 is 11.9 Å². The summed E-state index contributed by atoms with van der Waals surface area (Å²) in [5.74, 6) is 0.158. The summed E-state index contributed by atoms with van der Waals surface area (Å²) in [4.78, 5) is 24.9. The van der Waals surface area contributed by atoms with Crippen LogP contribution in [0.5, 0.6) is 0 Å². The van der Waals surface area contributed by atoms with E-state index in [-0.39, 0.29) is 23.7 Å². The van der Waals surface area contributed by atoms with E-state index in [0.29, 0.717) is 25.4 Å². The number of rotatable bonds is 6. The summed E-state index contributed by atoms with van der Waals surface area (Å²) in [7, 11) is 1.36. The Balaban J connectivity index is 4.31. The highest BCUT2D eigenvalue weighted by atomic mass is 16.5. The summed E-state index contributed by atoms with van der Waals surface area (Å²) in [6, 6.07) is 0. The smallest absolute Gasteiger partial charge is 0.307 e. The zero-order chi connectivity index (χ0) is 14.3. The van der Waals surface area contributed by atoms with Gasteiger partial charge in [0.1, 0.15) is 0 Å². The van der Waals surface area contributed by atoms with E-state index in [1.165, 1.54) is 7.11 Å². The van der Waals surface area contributed by atoms with E-state index in [0.717, 1.165) is 0 Å². The predicted molar refractivity (Wildman–Crippen MR) is 72.1 cm³/mol. The van der Waals surface area contributed by atoms with E-state index in [1.807, 2.05) is 6.92 Å². The molecule has 0 radical (unpaired) electrons. The van der Waals surface area contributed by atoms with Crippen LogP contribution in [0.2, 0.25) is 0 Å². The first kappa shape index (κ1) is 16.9. The molecule has 1 unspecified atom stereocenters. The monoisotopic (exact) mass is 257 g/mol. The summed E-state index contributed by atoms with van der Waals surface area (Å²) >= 11 is 0. The molecule has 0 spiro atoms. The lowest BCUT2D eigenvalue weighted by molar-refractivity contribution is -0.142. The normalized spacial score (nSPS) is 13.0. The average Bonchev–Trinajstić information content (AvgIpc) is 2.28. The van der Waals surface area contributed by atoms with Crippen molar-refractivity contribution in [3.63, 3.8) is 0 Å². The SMILES string of the molecule is CCN(CCC(=O)OC)C(=O)CC(C)C(C)(C)C. The van der Waals surface area contributed by atoms with Crippen LogP contribution >= 0.6 is 0 Å². The molecular formula is C14H27NO3. The standard InChI is InChI=1S/C14H27NO3/c1-7-15(9-8-13(17)18-6)12(16)10-11(2)14(3,4)5/h11H,7-10H2,1-6H3. The number of amides is 1. The van der Waals surface area contributed by atoms with E-state index in [1.54, 1.807) is 4.90 Å². The van der Waals surface area contributed by atoms with E-state index in [9.17, 15) is 9.59 Å². The lowest BCUT2D eigenvalue weighted by atomic mass is 9.80. The van der Waals surface area contributed by atoms with Gasteiger partial charge in [-0.1, -0.05) is 27.7 Å². The van der Waals surface area contributed by atoms with Gasteiger partial charge in [0, 0.05) is 19.5 Å². The molecule has 1 atom stereocenters. The van der Waals surface area contributed by atoms with Crippen LogP contribution in [0.4, 0.5) is 0 Å². The first-order valence-electron chi connectivity index (χ1n) is 6.57. The minimum Gasteiger partial charge on any atom is -0.469 e. The van der Waals surface area contributed by atoms with E-state index < -0.39 is 0 Å². The third-order valence-electron chi connectivity index (χ3n) is 3.51. The van der Waals surface area contributed by atoms with Crippen LogP contribution in [0, 0.1) is 11.3 Å². The number of ether oxygens (including phenoxy) is 1. The van der Waals surface area contributed by atoms with Gasteiger partial charge in [-0.05, 0) is 18.3 Å². The molecule has 0 aliphatic heterocycles. The zero-order valence-electron chi connectivity index (χ0n) is 12.6. The van der Waals surface area contributed by atoms with Gasteiger partial charge in [0.2, 0.25) is 5.91 Å². The molecule has 4 heteroatoms. The van der Waals surface area contributed by atoms with Gasteiger partial charge in [-0.3, -0.25) is 9.59 Å². The largest absolute Gasteiger partial charge is 0.469 e. The topological polar surface area (TPSA) is 46.6 Å². The van der Waals surface area contributed by atoms with Crippen LogP contribution in [0.15, 0.2) is 0 Å². The number of hydrogen-bond donors (Lipinski definition) is 0. The molecule has 0 aromatic heterocycles. The highest BCUT2D eigenvalue weighted by molar-refractivity contribution is 5.77. The lowest BCUT2D eigenvalue weighted by Crippen LogP contribution is -2.35. The molecule has 0 aliphatic carbocycles. The van der Waals surface area contributed by atoms with Gasteiger partial charge in [-0.2, -0.15) is 0 Å². The fourth-order valence-electron chi connectivity index (χ4n) is 1.48. The molecule has 0 N–H and O–H groups in total. The summed E-state index contributed by atoms with van der Waals surface area (Å²) < 4.78 is 4.58. The van der Waals surface area contributed by atoms with Gasteiger partial charge in [-0.15, -0.1) is 0 Å². The number of hydrogen-bond acceptors (Lipinski definition) is 3. The third-order valence-corrected chi connectivity index (χ3v) is 3.51. The van der Waals surface area contributed by atoms with Crippen molar-refractivity contribution in [1.82, 2.24) is 4.90 Å². The Hall–Kier alpha value is -1.06. The predicted octanol–water partition coefficient (Wildman–Crippen LogP) is 2.47. The Morgan fingerprint density at radius 2 is 1.83 bits per heavy atom. The van der Waals surface area contributed by atoms with Crippen LogP contribution in [0.3, 0.4) is 0 Å². The summed E-state index contributed by atoms with van der Waals surface area (Å²) in [6.07, 6.45) is 0.790. The molecule has 0 saturated heterocycles. The van der Waals surface area contributed by atoms with Crippen molar-refractivity contribution in [2.75, 3.05) is 20.2 Å². The minimum atomic E-state index is -0.273. The minimum absolute atomic E-state index is 0.115.